The van der Waals surface area contributed by atoms with Crippen LogP contribution in [0, 0.1) is 0 Å². The Kier molecular flexibility index (Phi) is 4.43. The molecule has 0 atom stereocenters. The molecule has 1 N–H and O–H groups in total. The van der Waals surface area contributed by atoms with Crippen molar-refractivity contribution in [1.29, 1.82) is 0 Å². The first kappa shape index (κ1) is 15.3. The first-order valence-electron chi connectivity index (χ1n) is 6.77. The van der Waals surface area contributed by atoms with Gasteiger partial charge in [0.1, 0.15) is 6.61 Å². The predicted octanol–water partition coefficient (Wildman–Crippen LogP) is 3.13. The Labute approximate surface area is 123 Å². The van der Waals surface area contributed by atoms with Gasteiger partial charge in [0.05, 0.1) is 23.3 Å². The molecule has 1 aromatic carbocycles. The number of aromatic nitrogens is 1. The van der Waals surface area contributed by atoms with Gasteiger partial charge in [-0.25, -0.2) is 9.78 Å². The fourth-order valence-electron chi connectivity index (χ4n) is 1.90. The van der Waals surface area contributed by atoms with E-state index >= 15 is 0 Å². The lowest BCUT2D eigenvalue weighted by molar-refractivity contribution is -0.0167. The van der Waals surface area contributed by atoms with E-state index in [0.717, 1.165) is 0 Å². The number of ether oxygens (including phenoxy) is 2. The summed E-state index contributed by atoms with van der Waals surface area (Å²) < 4.78 is 11.0. The summed E-state index contributed by atoms with van der Waals surface area (Å²) in [6.45, 7) is 6.62. The number of hydrogen-bond acceptors (Lipinski definition) is 4. The number of carboxylic acids is 1. The third-order valence-electron chi connectivity index (χ3n) is 2.79. The number of carboxylic acid groups (broad SMARTS) is 1. The molecule has 0 saturated heterocycles. The first-order valence-corrected chi connectivity index (χ1v) is 6.77. The molecule has 21 heavy (non-hydrogen) atoms. The number of para-hydroxylation sites is 1. The molecule has 5 nitrogen and oxygen atoms in total. The lowest BCUT2D eigenvalue weighted by atomic mass is 10.1. The van der Waals surface area contributed by atoms with E-state index in [4.69, 9.17) is 9.47 Å². The Balaban J connectivity index is 2.15. The van der Waals surface area contributed by atoms with Gasteiger partial charge in [-0.1, -0.05) is 18.2 Å². The maximum absolute atomic E-state index is 11.3. The van der Waals surface area contributed by atoms with Crippen molar-refractivity contribution in [3.05, 3.63) is 35.9 Å². The second-order valence-corrected chi connectivity index (χ2v) is 5.64. The van der Waals surface area contributed by atoms with Crippen molar-refractivity contribution in [2.45, 2.75) is 26.4 Å². The van der Waals surface area contributed by atoms with Crippen LogP contribution in [0.3, 0.4) is 0 Å². The van der Waals surface area contributed by atoms with Gasteiger partial charge in [0, 0.05) is 11.5 Å². The number of aromatic carboxylic acids is 1. The molecule has 0 aliphatic rings. The molecular formula is C16H19NO4. The summed E-state index contributed by atoms with van der Waals surface area (Å²) in [5.74, 6) is -0.701. The Morgan fingerprint density at radius 2 is 1.95 bits per heavy atom. The highest BCUT2D eigenvalue weighted by molar-refractivity contribution is 6.02. The van der Waals surface area contributed by atoms with Gasteiger partial charge in [-0.05, 0) is 26.8 Å². The fraction of sp³-hybridized carbons (Fsp3) is 0.375. The zero-order valence-corrected chi connectivity index (χ0v) is 12.4. The van der Waals surface area contributed by atoms with Crippen molar-refractivity contribution >= 4 is 16.9 Å². The van der Waals surface area contributed by atoms with Gasteiger partial charge in [-0.2, -0.15) is 0 Å². The van der Waals surface area contributed by atoms with Gasteiger partial charge < -0.3 is 14.6 Å². The Bertz CT molecular complexity index is 646. The van der Waals surface area contributed by atoms with E-state index in [0.29, 0.717) is 30.0 Å². The normalized spacial score (nSPS) is 11.6. The Morgan fingerprint density at radius 1 is 1.24 bits per heavy atom. The highest BCUT2D eigenvalue weighted by Gasteiger charge is 2.13. The Morgan fingerprint density at radius 3 is 2.62 bits per heavy atom. The van der Waals surface area contributed by atoms with Crippen molar-refractivity contribution in [1.82, 2.24) is 4.98 Å². The molecule has 1 aromatic heterocycles. The van der Waals surface area contributed by atoms with Crippen molar-refractivity contribution in [3.63, 3.8) is 0 Å². The summed E-state index contributed by atoms with van der Waals surface area (Å²) in [5.41, 5.74) is 0.559. The van der Waals surface area contributed by atoms with Crippen LogP contribution < -0.4 is 4.74 Å². The molecule has 0 bridgehead atoms. The number of hydrogen-bond donors (Lipinski definition) is 1. The molecule has 5 heteroatoms. The second-order valence-electron chi connectivity index (χ2n) is 5.64. The van der Waals surface area contributed by atoms with Gasteiger partial charge in [0.2, 0.25) is 5.88 Å². The van der Waals surface area contributed by atoms with E-state index in [1.165, 1.54) is 6.07 Å². The summed E-state index contributed by atoms with van der Waals surface area (Å²) >= 11 is 0. The number of carbonyl (C=O) groups is 1. The van der Waals surface area contributed by atoms with Crippen LogP contribution in [0.1, 0.15) is 31.1 Å². The minimum Gasteiger partial charge on any atom is -0.478 e. The molecule has 0 radical (unpaired) electrons. The van der Waals surface area contributed by atoms with Crippen molar-refractivity contribution in [2.24, 2.45) is 0 Å². The number of benzene rings is 1. The van der Waals surface area contributed by atoms with Crippen molar-refractivity contribution in [2.75, 3.05) is 13.2 Å². The maximum Gasteiger partial charge on any atom is 0.336 e. The highest BCUT2D eigenvalue weighted by atomic mass is 16.5. The van der Waals surface area contributed by atoms with Gasteiger partial charge in [-0.3, -0.25) is 0 Å². The van der Waals surface area contributed by atoms with Crippen LogP contribution in [-0.2, 0) is 4.74 Å². The van der Waals surface area contributed by atoms with Crippen LogP contribution in [0.2, 0.25) is 0 Å². The molecule has 0 fully saturated rings. The fourth-order valence-corrected chi connectivity index (χ4v) is 1.90. The summed E-state index contributed by atoms with van der Waals surface area (Å²) in [4.78, 5) is 15.6. The van der Waals surface area contributed by atoms with E-state index in [2.05, 4.69) is 4.98 Å². The molecule has 2 aromatic rings. The zero-order chi connectivity index (χ0) is 15.5. The van der Waals surface area contributed by atoms with Gasteiger partial charge in [-0.15, -0.1) is 0 Å². The average Bonchev–Trinajstić information content (AvgIpc) is 2.41. The molecule has 1 heterocycles. The molecule has 2 rings (SSSR count). The topological polar surface area (TPSA) is 68.7 Å². The quantitative estimate of drug-likeness (QED) is 0.856. The SMILES string of the molecule is CC(C)(C)OCCOc1cc(C(=O)O)c2ccccc2n1. The van der Waals surface area contributed by atoms with Gasteiger partial charge in [0.15, 0.2) is 0 Å². The minimum atomic E-state index is -0.996. The molecule has 0 aliphatic heterocycles. The molecule has 0 amide bonds. The van der Waals surface area contributed by atoms with E-state index in [1.807, 2.05) is 26.8 Å². The molecule has 0 aliphatic carbocycles. The number of rotatable bonds is 5. The number of nitrogens with zero attached hydrogens (tertiary/aromatic N) is 1. The first-order chi connectivity index (χ1) is 9.87. The zero-order valence-electron chi connectivity index (χ0n) is 12.4. The van der Waals surface area contributed by atoms with Crippen LogP contribution in [0.5, 0.6) is 5.88 Å². The van der Waals surface area contributed by atoms with Crippen molar-refractivity contribution < 1.29 is 19.4 Å². The number of fused-ring (bicyclic) bond motifs is 1. The summed E-state index contributed by atoms with van der Waals surface area (Å²) in [5, 5.41) is 9.88. The van der Waals surface area contributed by atoms with E-state index in [1.54, 1.807) is 18.2 Å². The monoisotopic (exact) mass is 289 g/mol. The molecule has 0 spiro atoms. The van der Waals surface area contributed by atoms with Crippen LogP contribution in [0.15, 0.2) is 30.3 Å². The van der Waals surface area contributed by atoms with Crippen LogP contribution in [0.25, 0.3) is 10.9 Å². The van der Waals surface area contributed by atoms with Crippen LogP contribution in [0.4, 0.5) is 0 Å². The van der Waals surface area contributed by atoms with E-state index < -0.39 is 5.97 Å². The Hall–Kier alpha value is -2.14. The molecule has 112 valence electrons. The molecule has 0 unspecified atom stereocenters. The standard InChI is InChI=1S/C16H19NO4/c1-16(2,3)21-9-8-20-14-10-12(15(18)19)11-6-4-5-7-13(11)17-14/h4-7,10H,8-9H2,1-3H3,(H,18,19). The molecular weight excluding hydrogens is 270 g/mol. The van der Waals surface area contributed by atoms with Crippen LogP contribution in [-0.4, -0.2) is 34.9 Å². The van der Waals surface area contributed by atoms with E-state index in [-0.39, 0.29) is 11.2 Å². The average molecular weight is 289 g/mol. The summed E-state index contributed by atoms with van der Waals surface area (Å²) in [6.07, 6.45) is 0. The van der Waals surface area contributed by atoms with Gasteiger partial charge >= 0.3 is 5.97 Å². The summed E-state index contributed by atoms with van der Waals surface area (Å²) in [7, 11) is 0. The largest absolute Gasteiger partial charge is 0.478 e. The van der Waals surface area contributed by atoms with Gasteiger partial charge in [0.25, 0.3) is 0 Å². The lowest BCUT2D eigenvalue weighted by Gasteiger charge is -2.19. The second kappa shape index (κ2) is 6.10. The van der Waals surface area contributed by atoms with Crippen LogP contribution >= 0.6 is 0 Å². The third kappa shape index (κ3) is 4.16. The predicted molar refractivity (Wildman–Crippen MR) is 79.9 cm³/mol. The van der Waals surface area contributed by atoms with E-state index in [9.17, 15) is 9.90 Å². The molecule has 0 saturated carbocycles. The minimum absolute atomic E-state index is 0.187. The van der Waals surface area contributed by atoms with Crippen molar-refractivity contribution in [3.8, 4) is 5.88 Å². The third-order valence-corrected chi connectivity index (χ3v) is 2.79. The highest BCUT2D eigenvalue weighted by Crippen LogP contribution is 2.22. The maximum atomic E-state index is 11.3. The summed E-state index contributed by atoms with van der Waals surface area (Å²) in [6, 6.07) is 8.54. The lowest BCUT2D eigenvalue weighted by Crippen LogP contribution is -2.22. The number of pyridine rings is 1. The smallest absolute Gasteiger partial charge is 0.336 e.